The highest BCUT2D eigenvalue weighted by molar-refractivity contribution is 14.1. The van der Waals surface area contributed by atoms with E-state index in [2.05, 4.69) is 218 Å². The molecule has 0 spiro atoms. The first-order chi connectivity index (χ1) is 51.0. The quantitative estimate of drug-likeness (QED) is 0.126. The maximum atomic E-state index is 12.3. The molecule has 544 valence electrons. The van der Waals surface area contributed by atoms with Crippen molar-refractivity contribution in [3.05, 3.63) is 212 Å². The van der Waals surface area contributed by atoms with Gasteiger partial charge in [0, 0.05) is 188 Å². The summed E-state index contributed by atoms with van der Waals surface area (Å²) >= 11 is 5.94. The Morgan fingerprint density at radius 3 is 1.18 bits per heavy atom. The van der Waals surface area contributed by atoms with Gasteiger partial charge in [-0.1, -0.05) is 81.0 Å². The number of halogens is 2. The summed E-state index contributed by atoms with van der Waals surface area (Å²) in [5, 5.41) is 35.0. The summed E-state index contributed by atoms with van der Waals surface area (Å²) in [6.07, 6.45) is 4.89. The van der Waals surface area contributed by atoms with Crippen molar-refractivity contribution in [2.45, 2.75) is 145 Å². The van der Waals surface area contributed by atoms with Crippen molar-refractivity contribution in [2.24, 2.45) is 0 Å². The monoisotopic (exact) mass is 1590 g/mol. The SMILES string of the molecule is CC(C)(C)OC(=O)N1CC(I)C1.C[C@@H]1CN(c2ccc(C#N)c3ncccc23)C[C@@H]2c3ccc(Br)cc3CN12.C[C@@H]1CN(c2ccc(C#N)c3ncccc23)C[C@@H]2c3ccc(C4CN(C(=O)OC(C)(C)C)C4)cc3CN12.C[C@@H]1CN(c2ccc(C#N)c3ncccc23)C[C@@H]2c3ccc(C4CNC4)cc3CN12. The number of carbonyl (C=O) groups is 2. The Balaban J connectivity index is 0.000000119. The fraction of sp³-hybridized carbons (Fsp3) is 0.412. The molecule has 12 heterocycles. The molecule has 106 heavy (non-hydrogen) atoms. The van der Waals surface area contributed by atoms with E-state index in [1.54, 1.807) is 28.4 Å². The number of amides is 2. The number of nitriles is 3. The average Bonchev–Trinajstić information content (AvgIpc) is 1.58. The Labute approximate surface area is 643 Å². The number of nitrogens with one attached hydrogen (secondary N) is 1. The Bertz CT molecular complexity index is 5010. The lowest BCUT2D eigenvalue weighted by atomic mass is 9.89. The van der Waals surface area contributed by atoms with E-state index in [9.17, 15) is 25.4 Å². The second kappa shape index (κ2) is 29.6. The van der Waals surface area contributed by atoms with Crippen molar-refractivity contribution in [2.75, 3.05) is 93.2 Å². The van der Waals surface area contributed by atoms with E-state index in [0.29, 0.717) is 81.8 Å². The first kappa shape index (κ1) is 72.6. The van der Waals surface area contributed by atoms with Crippen LogP contribution in [0.1, 0.15) is 153 Å². The summed E-state index contributed by atoms with van der Waals surface area (Å²) in [7, 11) is 0. The molecule has 9 aliphatic rings. The van der Waals surface area contributed by atoms with E-state index in [-0.39, 0.29) is 17.8 Å². The number of alkyl halides is 1. The van der Waals surface area contributed by atoms with E-state index < -0.39 is 5.60 Å². The Morgan fingerprint density at radius 1 is 0.472 bits per heavy atom. The van der Waals surface area contributed by atoms with Crippen molar-refractivity contribution in [3.63, 3.8) is 0 Å². The molecule has 0 radical (unpaired) electrons. The molecule has 9 aromatic rings. The third kappa shape index (κ3) is 14.6. The molecule has 18 rings (SSSR count). The molecule has 6 aromatic carbocycles. The Morgan fingerprint density at radius 2 is 0.830 bits per heavy atom. The van der Waals surface area contributed by atoms with Gasteiger partial charge in [-0.3, -0.25) is 29.7 Å². The first-order valence-corrected chi connectivity index (χ1v) is 39.2. The van der Waals surface area contributed by atoms with Crippen molar-refractivity contribution in [3.8, 4) is 18.2 Å². The number of carbonyl (C=O) groups excluding carboxylic acids is 2. The van der Waals surface area contributed by atoms with Crippen LogP contribution < -0.4 is 20.0 Å². The number of fused-ring (bicyclic) bond motifs is 12. The van der Waals surface area contributed by atoms with Crippen LogP contribution in [-0.4, -0.2) is 163 Å². The van der Waals surface area contributed by atoms with E-state index in [1.165, 1.54) is 55.9 Å². The van der Waals surface area contributed by atoms with Crippen molar-refractivity contribution in [1.29, 1.82) is 15.8 Å². The number of pyridine rings is 3. The number of ether oxygens (including phenoxy) is 2. The van der Waals surface area contributed by atoms with Gasteiger partial charge in [-0.25, -0.2) is 9.59 Å². The van der Waals surface area contributed by atoms with Crippen LogP contribution in [0.5, 0.6) is 0 Å². The van der Waals surface area contributed by atoms with Gasteiger partial charge in [-0.2, -0.15) is 15.8 Å². The summed E-state index contributed by atoms with van der Waals surface area (Å²) in [5.74, 6) is 1.04. The van der Waals surface area contributed by atoms with E-state index in [4.69, 9.17) is 9.47 Å². The van der Waals surface area contributed by atoms with Crippen molar-refractivity contribution >= 4 is 100 Å². The molecule has 9 aliphatic heterocycles. The fourth-order valence-electron chi connectivity index (χ4n) is 17.0. The number of anilines is 3. The van der Waals surface area contributed by atoms with E-state index in [1.807, 2.05) is 77.9 Å². The molecule has 6 atom stereocenters. The molecule has 2 amide bonds. The zero-order valence-electron chi connectivity index (χ0n) is 61.8. The van der Waals surface area contributed by atoms with Crippen molar-refractivity contribution in [1.82, 2.24) is 44.8 Å². The average molecular weight is 1590 g/mol. The topological polar surface area (TPSA) is 201 Å². The van der Waals surface area contributed by atoms with Crippen LogP contribution in [0.15, 0.2) is 150 Å². The van der Waals surface area contributed by atoms with Gasteiger partial charge in [0.05, 0.1) is 51.4 Å². The zero-order valence-corrected chi connectivity index (χ0v) is 65.6. The molecule has 1 N–H and O–H groups in total. The van der Waals surface area contributed by atoms with Crippen molar-refractivity contribution < 1.29 is 19.1 Å². The Hall–Kier alpha value is -8.99. The molecule has 0 saturated carbocycles. The predicted molar refractivity (Wildman–Crippen MR) is 428 cm³/mol. The smallest absolute Gasteiger partial charge is 0.410 e. The number of nitrogens with zero attached hydrogens (tertiary/aromatic N) is 14. The summed E-state index contributed by atoms with van der Waals surface area (Å²) in [6.45, 7) is 32.4. The lowest BCUT2D eigenvalue weighted by Crippen LogP contribution is -2.52. The largest absolute Gasteiger partial charge is 0.444 e. The molecule has 19 nitrogen and oxygen atoms in total. The molecular weight excluding hydrogens is 1500 g/mol. The molecule has 6 fully saturated rings. The van der Waals surface area contributed by atoms with Crippen LogP contribution in [0.25, 0.3) is 32.7 Å². The maximum Gasteiger partial charge on any atom is 0.410 e. The van der Waals surface area contributed by atoms with Gasteiger partial charge in [0.1, 0.15) is 29.4 Å². The molecule has 0 bridgehead atoms. The van der Waals surface area contributed by atoms with Gasteiger partial charge >= 0.3 is 12.2 Å². The van der Waals surface area contributed by atoms with Crippen LogP contribution in [0.2, 0.25) is 0 Å². The number of likely N-dealkylation sites (tertiary alicyclic amines) is 2. The lowest BCUT2D eigenvalue weighted by molar-refractivity contribution is 0.00805. The summed E-state index contributed by atoms with van der Waals surface area (Å²) < 4.78 is 12.4. The molecule has 21 heteroatoms. The predicted octanol–water partition coefficient (Wildman–Crippen LogP) is 15.4. The fourth-order valence-corrected chi connectivity index (χ4v) is 18.4. The highest BCUT2D eigenvalue weighted by Crippen LogP contribution is 2.47. The minimum Gasteiger partial charge on any atom is -0.444 e. The number of rotatable bonds is 5. The number of piperazine rings is 3. The third-order valence-corrected chi connectivity index (χ3v) is 23.8. The lowest BCUT2D eigenvalue weighted by Gasteiger charge is -2.44. The van der Waals surface area contributed by atoms with Gasteiger partial charge in [0.2, 0.25) is 0 Å². The summed E-state index contributed by atoms with van der Waals surface area (Å²) in [6, 6.07) is 54.2. The molecule has 6 saturated heterocycles. The van der Waals surface area contributed by atoms with Gasteiger partial charge in [-0.05, 0) is 192 Å². The minimum absolute atomic E-state index is 0.185. The summed E-state index contributed by atoms with van der Waals surface area (Å²) in [4.78, 5) is 56.0. The molecule has 0 unspecified atom stereocenters. The van der Waals surface area contributed by atoms with E-state index >= 15 is 0 Å². The molecule has 0 aliphatic carbocycles. The van der Waals surface area contributed by atoms with Crippen LogP contribution in [0, 0.1) is 34.0 Å². The van der Waals surface area contributed by atoms with Crippen LogP contribution in [-0.2, 0) is 29.1 Å². The minimum atomic E-state index is -0.467. The number of hydrogen-bond acceptors (Lipinski definition) is 17. The zero-order chi connectivity index (χ0) is 74.0. The summed E-state index contributed by atoms with van der Waals surface area (Å²) in [5.41, 5.74) is 18.4. The van der Waals surface area contributed by atoms with Crippen LogP contribution in [0.4, 0.5) is 26.7 Å². The van der Waals surface area contributed by atoms with Crippen LogP contribution >= 0.6 is 38.5 Å². The number of hydrogen-bond donors (Lipinski definition) is 1. The molecular formula is C85H91BrIN15O4. The van der Waals surface area contributed by atoms with E-state index in [0.717, 1.165) is 128 Å². The van der Waals surface area contributed by atoms with Gasteiger partial charge in [-0.15, -0.1) is 0 Å². The highest BCUT2D eigenvalue weighted by Gasteiger charge is 2.44. The normalized spacial score (nSPS) is 22.0. The standard InChI is InChI=1S/C30H33N5O2.C25H25N5.C22H19BrN4.C8H14INO2/c1-19-14-33(26-10-8-21(13-31)28-25(26)6-5-11-32-28)18-27-24-9-7-20(12-22(24)17-35(19)27)23-15-34(16-23)29(36)37-30(2,3)4;1-16-13-29(23-7-5-18(10-26)25-22(23)3-2-8-28-25)15-24-21-6-4-17(20-11-27-12-20)9-19(21)14-30(16)24;1-14-11-26(13-21-18-6-5-17(23)9-16(18)12-27(14)21)20-7-4-15(10-24)22-19(20)3-2-8-25-22;1-8(2,3)12-7(11)10-4-6(9)5-10/h5-12,19,23,27H,14-18H2,1-4H3;2-9,16,20,24,27H,11-15H2,1H3;2-9,14,21H,11-13H2,1H3;6H,4-5H2,1-3H3/t19-,27-;16-,24-;14-,21-;/m111./s1. The number of aromatic nitrogens is 3. The Kier molecular flexibility index (Phi) is 20.3. The first-order valence-electron chi connectivity index (χ1n) is 37.2. The van der Waals surface area contributed by atoms with Gasteiger partial charge in [0.25, 0.3) is 0 Å². The number of benzene rings is 6. The second-order valence-electron chi connectivity index (χ2n) is 31.9. The highest BCUT2D eigenvalue weighted by atomic mass is 127. The maximum absolute atomic E-state index is 12.3. The van der Waals surface area contributed by atoms with Crippen LogP contribution in [0.3, 0.4) is 0 Å². The van der Waals surface area contributed by atoms with Gasteiger partial charge in [0.15, 0.2) is 0 Å². The second-order valence-corrected chi connectivity index (χ2v) is 34.6. The van der Waals surface area contributed by atoms with Gasteiger partial charge < -0.3 is 39.3 Å². The molecule has 3 aromatic heterocycles. The third-order valence-electron chi connectivity index (χ3n) is 22.5.